The lowest BCUT2D eigenvalue weighted by Crippen LogP contribution is -2.43. The van der Waals surface area contributed by atoms with Crippen LogP contribution >= 0.6 is 0 Å². The Hall–Kier alpha value is -4.42. The fraction of sp³-hybridized carbons (Fsp3) is 0.474. The van der Waals surface area contributed by atoms with Crippen LogP contribution in [0, 0.1) is 29.6 Å². The summed E-state index contributed by atoms with van der Waals surface area (Å²) in [6.07, 6.45) is 5.50. The summed E-state index contributed by atoms with van der Waals surface area (Å²) in [5, 5.41) is 10.4. The molecule has 0 bridgehead atoms. The first-order valence-electron chi connectivity index (χ1n) is 16.9. The maximum atomic E-state index is 13.2. The molecule has 9 nitrogen and oxygen atoms in total. The molecular weight excluding hydrogens is 588 g/mol. The van der Waals surface area contributed by atoms with Crippen molar-refractivity contribution in [3.05, 3.63) is 71.4 Å². The van der Waals surface area contributed by atoms with Crippen LogP contribution in [0.15, 0.2) is 48.7 Å². The summed E-state index contributed by atoms with van der Waals surface area (Å²) in [4.78, 5) is 46.5. The van der Waals surface area contributed by atoms with Crippen LogP contribution in [-0.4, -0.2) is 65.3 Å². The first-order valence-corrected chi connectivity index (χ1v) is 16.9. The van der Waals surface area contributed by atoms with Gasteiger partial charge in [0, 0.05) is 30.1 Å². The van der Waals surface area contributed by atoms with E-state index in [1.165, 1.54) is 0 Å². The van der Waals surface area contributed by atoms with Gasteiger partial charge in [0.05, 0.1) is 46.5 Å². The Morgan fingerprint density at radius 2 is 1.49 bits per heavy atom. The normalized spacial score (nSPS) is 19.7. The molecule has 4 atom stereocenters. The van der Waals surface area contributed by atoms with E-state index < -0.39 is 11.5 Å². The Morgan fingerprint density at radius 1 is 0.872 bits per heavy atom. The molecule has 2 saturated heterocycles. The van der Waals surface area contributed by atoms with Gasteiger partial charge in [0.15, 0.2) is 0 Å². The third-order valence-corrected chi connectivity index (χ3v) is 10.2. The van der Waals surface area contributed by atoms with E-state index in [2.05, 4.69) is 40.6 Å². The lowest BCUT2D eigenvalue weighted by atomic mass is 9.91. The second kappa shape index (κ2) is 13.0. The van der Waals surface area contributed by atoms with E-state index in [0.717, 1.165) is 77.3 Å². The average molecular weight is 635 g/mol. The molecule has 2 aliphatic rings. The predicted octanol–water partition coefficient (Wildman–Crippen LogP) is 6.38. The molecule has 2 aromatic heterocycles. The highest BCUT2D eigenvalue weighted by Crippen LogP contribution is 2.35. The number of fused-ring (bicyclic) bond motifs is 1. The van der Waals surface area contributed by atoms with Crippen molar-refractivity contribution in [2.24, 2.45) is 17.8 Å². The highest BCUT2D eigenvalue weighted by molar-refractivity contribution is 5.81. The number of aliphatic hydroxyl groups is 1. The molecule has 6 rings (SSSR count). The second-order valence-electron chi connectivity index (χ2n) is 14.2. The van der Waals surface area contributed by atoms with Crippen LogP contribution in [0.5, 0.6) is 0 Å². The van der Waals surface area contributed by atoms with Gasteiger partial charge in [-0.1, -0.05) is 51.7 Å². The van der Waals surface area contributed by atoms with E-state index in [4.69, 9.17) is 4.98 Å². The van der Waals surface area contributed by atoms with Crippen molar-refractivity contribution in [3.8, 4) is 23.1 Å². The van der Waals surface area contributed by atoms with Crippen LogP contribution in [0.1, 0.15) is 102 Å². The Labute approximate surface area is 277 Å². The number of aromatic amines is 2. The molecular formula is C38H46N6O3. The lowest BCUT2D eigenvalue weighted by Gasteiger charge is -2.31. The number of imidazole rings is 2. The summed E-state index contributed by atoms with van der Waals surface area (Å²) in [5.74, 6) is 8.13. The van der Waals surface area contributed by atoms with E-state index >= 15 is 0 Å². The molecule has 4 unspecified atom stereocenters. The van der Waals surface area contributed by atoms with Gasteiger partial charge in [-0.15, -0.1) is 0 Å². The largest absolute Gasteiger partial charge is 0.390 e. The zero-order chi connectivity index (χ0) is 33.5. The molecule has 0 spiro atoms. The molecule has 4 aromatic rings. The molecule has 3 N–H and O–H groups in total. The van der Waals surface area contributed by atoms with Crippen LogP contribution in [0.3, 0.4) is 0 Å². The monoisotopic (exact) mass is 634 g/mol. The van der Waals surface area contributed by atoms with Gasteiger partial charge >= 0.3 is 0 Å². The van der Waals surface area contributed by atoms with Gasteiger partial charge in [0.25, 0.3) is 0 Å². The molecule has 2 aliphatic heterocycles. The van der Waals surface area contributed by atoms with Crippen molar-refractivity contribution in [1.29, 1.82) is 0 Å². The summed E-state index contributed by atoms with van der Waals surface area (Å²) in [5.41, 5.74) is 4.34. The zero-order valence-corrected chi connectivity index (χ0v) is 28.3. The Balaban J connectivity index is 1.13. The first-order chi connectivity index (χ1) is 22.4. The van der Waals surface area contributed by atoms with Gasteiger partial charge in [-0.2, -0.15) is 0 Å². The number of nitrogens with zero attached hydrogens (tertiary/aromatic N) is 4. The number of carbonyl (C=O) groups is 2. The lowest BCUT2D eigenvalue weighted by molar-refractivity contribution is -0.143. The summed E-state index contributed by atoms with van der Waals surface area (Å²) < 4.78 is 0. The zero-order valence-electron chi connectivity index (χ0n) is 28.3. The predicted molar refractivity (Wildman–Crippen MR) is 183 cm³/mol. The van der Waals surface area contributed by atoms with Crippen LogP contribution in [0.25, 0.3) is 22.3 Å². The maximum Gasteiger partial charge on any atom is 0.228 e. The van der Waals surface area contributed by atoms with Crippen molar-refractivity contribution in [2.75, 3.05) is 13.1 Å². The minimum atomic E-state index is -1.08. The number of aromatic nitrogens is 4. The number of benzene rings is 2. The second-order valence-corrected chi connectivity index (χ2v) is 14.2. The number of carbonyl (C=O) groups excluding carboxylic acids is 2. The molecule has 0 saturated carbocycles. The van der Waals surface area contributed by atoms with Crippen molar-refractivity contribution >= 4 is 22.8 Å². The summed E-state index contributed by atoms with van der Waals surface area (Å²) >= 11 is 0. The minimum absolute atomic E-state index is 0.00663. The van der Waals surface area contributed by atoms with Gasteiger partial charge < -0.3 is 24.9 Å². The average Bonchev–Trinajstić information content (AvgIpc) is 3.87. The molecule has 4 heterocycles. The number of H-pyrrole nitrogens is 2. The van der Waals surface area contributed by atoms with E-state index in [1.807, 2.05) is 65.4 Å². The van der Waals surface area contributed by atoms with Crippen LogP contribution in [0.2, 0.25) is 0 Å². The number of nitrogens with one attached hydrogen (secondary N) is 2. The van der Waals surface area contributed by atoms with Gasteiger partial charge in [0.2, 0.25) is 11.8 Å². The highest BCUT2D eigenvalue weighted by atomic mass is 16.3. The van der Waals surface area contributed by atoms with E-state index in [-0.39, 0.29) is 29.8 Å². The fourth-order valence-corrected chi connectivity index (χ4v) is 6.52. The topological polar surface area (TPSA) is 118 Å². The molecule has 47 heavy (non-hydrogen) atoms. The van der Waals surface area contributed by atoms with Gasteiger partial charge in [-0.25, -0.2) is 9.97 Å². The standard InChI is InChI=1S/C38H46N6O3/c1-23(2)24(3)36(45)43-19-7-9-32(43)34-39-22-31(42-34)28-16-13-26(14-17-28)11-12-27-15-18-29-30(21-27)41-35(40-29)33-10-8-20-44(33)37(46)25(4)38(5,6)47/h13-18,21-25,32-33,47H,7-10,19-20H2,1-6H3,(H,39,42)(H,40,41). The van der Waals surface area contributed by atoms with E-state index in [0.29, 0.717) is 12.5 Å². The van der Waals surface area contributed by atoms with E-state index in [9.17, 15) is 14.7 Å². The number of likely N-dealkylation sites (tertiary alicyclic amines) is 2. The molecule has 2 fully saturated rings. The third kappa shape index (κ3) is 6.70. The van der Waals surface area contributed by atoms with Crippen molar-refractivity contribution in [3.63, 3.8) is 0 Å². The van der Waals surface area contributed by atoms with E-state index in [1.54, 1.807) is 20.8 Å². The summed E-state index contributed by atoms with van der Waals surface area (Å²) in [6.45, 7) is 12.8. The molecule has 0 radical (unpaired) electrons. The van der Waals surface area contributed by atoms with Crippen molar-refractivity contribution in [2.45, 2.75) is 84.9 Å². The SMILES string of the molecule is CC(C)C(C)C(=O)N1CCCC1c1ncc(-c2ccc(C#Cc3ccc4nc(C5CCCN5C(=O)C(C)C(C)(C)O)[nH]c4c3)cc2)[nH]1. The smallest absolute Gasteiger partial charge is 0.228 e. The third-order valence-electron chi connectivity index (χ3n) is 10.2. The van der Waals surface area contributed by atoms with Crippen LogP contribution in [0.4, 0.5) is 0 Å². The van der Waals surface area contributed by atoms with Crippen molar-refractivity contribution in [1.82, 2.24) is 29.7 Å². The maximum absolute atomic E-state index is 13.2. The Morgan fingerprint density at radius 3 is 2.15 bits per heavy atom. The Bertz CT molecular complexity index is 1820. The summed E-state index contributed by atoms with van der Waals surface area (Å²) in [7, 11) is 0. The Kier molecular flexibility index (Phi) is 8.99. The van der Waals surface area contributed by atoms with Crippen LogP contribution in [-0.2, 0) is 9.59 Å². The number of amides is 2. The quantitative estimate of drug-likeness (QED) is 0.204. The molecule has 246 valence electrons. The molecule has 0 aliphatic carbocycles. The minimum Gasteiger partial charge on any atom is -0.390 e. The summed E-state index contributed by atoms with van der Waals surface area (Å²) in [6, 6.07) is 13.9. The van der Waals surface area contributed by atoms with Crippen molar-refractivity contribution < 1.29 is 14.7 Å². The highest BCUT2D eigenvalue weighted by Gasteiger charge is 2.39. The number of hydrogen-bond acceptors (Lipinski definition) is 5. The molecule has 9 heteroatoms. The fourth-order valence-electron chi connectivity index (χ4n) is 6.52. The first kappa shape index (κ1) is 32.5. The number of rotatable bonds is 7. The molecule has 2 aromatic carbocycles. The van der Waals surface area contributed by atoms with Gasteiger partial charge in [0.1, 0.15) is 11.6 Å². The van der Waals surface area contributed by atoms with Gasteiger partial charge in [-0.05, 0) is 81.3 Å². The molecule has 2 amide bonds. The van der Waals surface area contributed by atoms with Gasteiger partial charge in [-0.3, -0.25) is 9.59 Å². The number of hydrogen-bond donors (Lipinski definition) is 3. The van der Waals surface area contributed by atoms with Crippen LogP contribution < -0.4 is 0 Å².